The largest absolute Gasteiger partial charge is 0.480 e. The van der Waals surface area contributed by atoms with Gasteiger partial charge in [0.15, 0.2) is 0 Å². The molecule has 0 fully saturated rings. The van der Waals surface area contributed by atoms with Gasteiger partial charge in [-0.1, -0.05) is 36.4 Å². The Bertz CT molecular complexity index is 601. The summed E-state index contributed by atoms with van der Waals surface area (Å²) in [5.74, 6) is -0.577. The molecule has 2 atom stereocenters. The molecule has 0 aliphatic heterocycles. The third-order valence-electron chi connectivity index (χ3n) is 3.54. The number of thiol groups is 1. The van der Waals surface area contributed by atoms with Gasteiger partial charge >= 0.3 is 5.97 Å². The summed E-state index contributed by atoms with van der Waals surface area (Å²) in [4.78, 5) is 15.5. The molecular formula is C15H16N2O2S. The summed E-state index contributed by atoms with van der Waals surface area (Å²) < 4.78 is 0. The second-order valence-electron chi connectivity index (χ2n) is 4.78. The van der Waals surface area contributed by atoms with Crippen molar-refractivity contribution in [3.05, 3.63) is 59.8 Å². The average molecular weight is 288 g/mol. The number of carbonyl (C=O) groups is 1. The van der Waals surface area contributed by atoms with Gasteiger partial charge in [-0.05, 0) is 24.1 Å². The van der Waals surface area contributed by atoms with Crippen LogP contribution in [0.25, 0.3) is 0 Å². The number of nitrogens with zero attached hydrogens (tertiary/aromatic N) is 1. The molecule has 0 saturated carbocycles. The number of benzene rings is 1. The third kappa shape index (κ3) is 2.49. The molecule has 2 unspecified atom stereocenters. The van der Waals surface area contributed by atoms with Gasteiger partial charge in [-0.3, -0.25) is 4.79 Å². The second kappa shape index (κ2) is 5.54. The van der Waals surface area contributed by atoms with Crippen LogP contribution in [-0.2, 0) is 10.2 Å². The van der Waals surface area contributed by atoms with E-state index in [-0.39, 0.29) is 0 Å². The first-order valence-corrected chi connectivity index (χ1v) is 6.66. The smallest absolute Gasteiger partial charge is 0.317 e. The van der Waals surface area contributed by atoms with Crippen molar-refractivity contribution >= 4 is 24.4 Å². The number of pyridine rings is 1. The van der Waals surface area contributed by atoms with Crippen LogP contribution in [-0.4, -0.2) is 21.3 Å². The molecular weight excluding hydrogens is 272 g/mol. The SMILES string of the molecule is CC(c1ccccc1)(c1ccc(N)nc1)C(S)C(=O)O. The molecule has 5 heteroatoms. The van der Waals surface area contributed by atoms with E-state index in [1.165, 1.54) is 0 Å². The summed E-state index contributed by atoms with van der Waals surface area (Å²) in [6.45, 7) is 1.85. The molecule has 0 radical (unpaired) electrons. The summed E-state index contributed by atoms with van der Waals surface area (Å²) in [5, 5.41) is 8.48. The first-order valence-electron chi connectivity index (χ1n) is 6.14. The summed E-state index contributed by atoms with van der Waals surface area (Å²) in [6, 6.07) is 12.9. The van der Waals surface area contributed by atoms with E-state index in [9.17, 15) is 9.90 Å². The Morgan fingerprint density at radius 1 is 1.25 bits per heavy atom. The number of carboxylic acid groups (broad SMARTS) is 1. The number of nitrogen functional groups attached to an aromatic ring is 1. The number of carboxylic acids is 1. The van der Waals surface area contributed by atoms with Gasteiger partial charge in [0, 0.05) is 11.6 Å². The van der Waals surface area contributed by atoms with Crippen molar-refractivity contribution in [2.24, 2.45) is 0 Å². The lowest BCUT2D eigenvalue weighted by molar-refractivity contribution is -0.137. The molecule has 1 heterocycles. The number of rotatable bonds is 4. The zero-order chi connectivity index (χ0) is 14.8. The van der Waals surface area contributed by atoms with E-state index in [1.54, 1.807) is 18.3 Å². The monoisotopic (exact) mass is 288 g/mol. The van der Waals surface area contributed by atoms with Crippen LogP contribution in [0.1, 0.15) is 18.1 Å². The Balaban J connectivity index is 2.61. The van der Waals surface area contributed by atoms with E-state index in [2.05, 4.69) is 17.6 Å². The van der Waals surface area contributed by atoms with Gasteiger partial charge in [0.05, 0.1) is 0 Å². The maximum atomic E-state index is 11.4. The highest BCUT2D eigenvalue weighted by Gasteiger charge is 2.40. The molecule has 0 saturated heterocycles. The van der Waals surface area contributed by atoms with Crippen molar-refractivity contribution in [1.29, 1.82) is 0 Å². The summed E-state index contributed by atoms with van der Waals surface area (Å²) in [7, 11) is 0. The number of hydrogen-bond acceptors (Lipinski definition) is 4. The van der Waals surface area contributed by atoms with Crippen LogP contribution in [0.3, 0.4) is 0 Å². The zero-order valence-corrected chi connectivity index (χ0v) is 11.9. The van der Waals surface area contributed by atoms with Crippen molar-refractivity contribution in [3.63, 3.8) is 0 Å². The predicted molar refractivity (Wildman–Crippen MR) is 82.0 cm³/mol. The second-order valence-corrected chi connectivity index (χ2v) is 5.30. The first kappa shape index (κ1) is 14.4. The maximum Gasteiger partial charge on any atom is 0.317 e. The molecule has 0 spiro atoms. The molecule has 3 N–H and O–H groups in total. The summed E-state index contributed by atoms with van der Waals surface area (Å²) in [6.07, 6.45) is 1.61. The first-order chi connectivity index (χ1) is 9.46. The molecule has 1 aromatic heterocycles. The van der Waals surface area contributed by atoms with Crippen molar-refractivity contribution in [2.45, 2.75) is 17.6 Å². The molecule has 2 rings (SSSR count). The van der Waals surface area contributed by atoms with E-state index in [0.29, 0.717) is 5.82 Å². The van der Waals surface area contributed by atoms with Crippen LogP contribution in [0.5, 0.6) is 0 Å². The molecule has 0 aliphatic rings. The summed E-state index contributed by atoms with van der Waals surface area (Å²) >= 11 is 4.30. The zero-order valence-electron chi connectivity index (χ0n) is 11.0. The number of anilines is 1. The maximum absolute atomic E-state index is 11.4. The Kier molecular flexibility index (Phi) is 3.99. The normalized spacial score (nSPS) is 15.3. The minimum absolute atomic E-state index is 0.398. The molecule has 2 aromatic rings. The Morgan fingerprint density at radius 3 is 2.40 bits per heavy atom. The fourth-order valence-electron chi connectivity index (χ4n) is 2.23. The minimum Gasteiger partial charge on any atom is -0.480 e. The molecule has 104 valence electrons. The number of nitrogens with two attached hydrogens (primary N) is 1. The molecule has 20 heavy (non-hydrogen) atoms. The fraction of sp³-hybridized carbons (Fsp3) is 0.200. The van der Waals surface area contributed by atoms with Gasteiger partial charge in [0.2, 0.25) is 0 Å². The van der Waals surface area contributed by atoms with Crippen LogP contribution in [0, 0.1) is 0 Å². The Labute approximate surface area is 123 Å². The van der Waals surface area contributed by atoms with Crippen molar-refractivity contribution in [3.8, 4) is 0 Å². The lowest BCUT2D eigenvalue weighted by Gasteiger charge is -2.33. The molecule has 4 nitrogen and oxygen atoms in total. The Morgan fingerprint density at radius 2 is 1.90 bits per heavy atom. The highest BCUT2D eigenvalue weighted by molar-refractivity contribution is 7.81. The van der Waals surface area contributed by atoms with Gasteiger partial charge in [-0.15, -0.1) is 0 Å². The minimum atomic E-state index is -0.975. The lowest BCUT2D eigenvalue weighted by atomic mass is 9.74. The molecule has 0 bridgehead atoms. The number of aromatic nitrogens is 1. The Hall–Kier alpha value is -2.01. The van der Waals surface area contributed by atoms with Crippen LogP contribution in [0.15, 0.2) is 48.7 Å². The lowest BCUT2D eigenvalue weighted by Crippen LogP contribution is -2.39. The molecule has 1 aromatic carbocycles. The van der Waals surface area contributed by atoms with Gasteiger partial charge in [-0.25, -0.2) is 4.98 Å². The topological polar surface area (TPSA) is 76.2 Å². The third-order valence-corrected chi connectivity index (χ3v) is 4.28. The molecule has 0 aliphatic carbocycles. The average Bonchev–Trinajstić information content (AvgIpc) is 2.47. The predicted octanol–water partition coefficient (Wildman–Crippen LogP) is 2.35. The van der Waals surface area contributed by atoms with E-state index in [1.807, 2.05) is 37.3 Å². The van der Waals surface area contributed by atoms with Crippen molar-refractivity contribution in [2.75, 3.05) is 5.73 Å². The number of hydrogen-bond donors (Lipinski definition) is 3. The number of aliphatic carboxylic acids is 1. The van der Waals surface area contributed by atoms with Gasteiger partial charge in [0.25, 0.3) is 0 Å². The standard InChI is InChI=1S/C15H16N2O2S/c1-15(13(20)14(18)19,10-5-3-2-4-6-10)11-7-8-12(16)17-9-11/h2-9,13,20H,1H3,(H2,16,17)(H,18,19). The van der Waals surface area contributed by atoms with Gasteiger partial charge < -0.3 is 10.8 Å². The van der Waals surface area contributed by atoms with E-state index >= 15 is 0 Å². The van der Waals surface area contributed by atoms with Crippen LogP contribution >= 0.6 is 12.6 Å². The van der Waals surface area contributed by atoms with Gasteiger partial charge in [0.1, 0.15) is 11.1 Å². The highest BCUT2D eigenvalue weighted by atomic mass is 32.1. The van der Waals surface area contributed by atoms with Crippen LogP contribution in [0.4, 0.5) is 5.82 Å². The summed E-state index contributed by atoms with van der Waals surface area (Å²) in [5.41, 5.74) is 6.44. The fourth-order valence-corrected chi connectivity index (χ4v) is 2.52. The van der Waals surface area contributed by atoms with Crippen LogP contribution < -0.4 is 5.73 Å². The van der Waals surface area contributed by atoms with E-state index in [4.69, 9.17) is 5.73 Å². The van der Waals surface area contributed by atoms with Crippen molar-refractivity contribution < 1.29 is 9.90 Å². The quantitative estimate of drug-likeness (QED) is 0.755. The highest BCUT2D eigenvalue weighted by Crippen LogP contribution is 2.37. The van der Waals surface area contributed by atoms with Crippen LogP contribution in [0.2, 0.25) is 0 Å². The van der Waals surface area contributed by atoms with Gasteiger partial charge in [-0.2, -0.15) is 12.6 Å². The van der Waals surface area contributed by atoms with E-state index < -0.39 is 16.6 Å². The molecule has 0 amide bonds. The van der Waals surface area contributed by atoms with Crippen molar-refractivity contribution in [1.82, 2.24) is 4.98 Å². The van der Waals surface area contributed by atoms with E-state index in [0.717, 1.165) is 11.1 Å².